The van der Waals surface area contributed by atoms with Gasteiger partial charge in [-0.3, -0.25) is 9.69 Å². The molecule has 6 nitrogen and oxygen atoms in total. The van der Waals surface area contributed by atoms with Crippen molar-refractivity contribution in [3.05, 3.63) is 36.2 Å². The standard InChI is InChI=1S/C21H28N4O2/c1-4-15(5-2)20(26)25-13-21(14-25)11-17(24(3)12-21)19-23-22-18(27-19)16-9-7-6-8-10-16/h6-10,15,17H,4-5,11-14H2,1-3H3. The summed E-state index contributed by atoms with van der Waals surface area (Å²) in [4.78, 5) is 16.9. The number of hydrogen-bond donors (Lipinski definition) is 0. The highest BCUT2D eigenvalue weighted by atomic mass is 16.4. The number of rotatable bonds is 5. The van der Waals surface area contributed by atoms with Crippen molar-refractivity contribution in [2.75, 3.05) is 26.7 Å². The van der Waals surface area contributed by atoms with Crippen LogP contribution in [0.1, 0.15) is 45.0 Å². The van der Waals surface area contributed by atoms with E-state index in [0.29, 0.717) is 17.7 Å². The molecular weight excluding hydrogens is 340 g/mol. The first-order valence-corrected chi connectivity index (χ1v) is 9.93. The van der Waals surface area contributed by atoms with Gasteiger partial charge in [-0.05, 0) is 38.4 Å². The Balaban J connectivity index is 1.43. The second-order valence-corrected chi connectivity index (χ2v) is 8.15. The first-order valence-electron chi connectivity index (χ1n) is 9.93. The molecular formula is C21H28N4O2. The number of benzene rings is 1. The van der Waals surface area contributed by atoms with E-state index < -0.39 is 0 Å². The molecule has 2 fully saturated rings. The van der Waals surface area contributed by atoms with E-state index in [9.17, 15) is 4.79 Å². The lowest BCUT2D eigenvalue weighted by atomic mass is 9.77. The molecule has 2 aliphatic rings. The van der Waals surface area contributed by atoms with Crippen LogP contribution < -0.4 is 0 Å². The third-order valence-corrected chi connectivity index (χ3v) is 6.19. The van der Waals surface area contributed by atoms with Gasteiger partial charge in [0.15, 0.2) is 0 Å². The van der Waals surface area contributed by atoms with Crippen molar-refractivity contribution in [3.63, 3.8) is 0 Å². The summed E-state index contributed by atoms with van der Waals surface area (Å²) in [5, 5.41) is 8.56. The first-order chi connectivity index (χ1) is 13.0. The topological polar surface area (TPSA) is 62.5 Å². The molecule has 2 aromatic rings. The van der Waals surface area contributed by atoms with Crippen molar-refractivity contribution in [2.24, 2.45) is 11.3 Å². The van der Waals surface area contributed by atoms with Gasteiger partial charge in [-0.2, -0.15) is 0 Å². The molecule has 2 saturated heterocycles. The van der Waals surface area contributed by atoms with Crippen molar-refractivity contribution < 1.29 is 9.21 Å². The minimum absolute atomic E-state index is 0.125. The Morgan fingerprint density at radius 1 is 1.19 bits per heavy atom. The number of hydrogen-bond acceptors (Lipinski definition) is 5. The van der Waals surface area contributed by atoms with Gasteiger partial charge in [0.1, 0.15) is 0 Å². The van der Waals surface area contributed by atoms with Gasteiger partial charge in [0.2, 0.25) is 17.7 Å². The Kier molecular flexibility index (Phi) is 4.76. The number of carbonyl (C=O) groups is 1. The molecule has 0 N–H and O–H groups in total. The van der Waals surface area contributed by atoms with Crippen molar-refractivity contribution in [1.29, 1.82) is 0 Å². The zero-order valence-corrected chi connectivity index (χ0v) is 16.4. The van der Waals surface area contributed by atoms with E-state index in [0.717, 1.165) is 44.5 Å². The Bertz CT molecular complexity index is 794. The highest BCUT2D eigenvalue weighted by Crippen LogP contribution is 2.48. The van der Waals surface area contributed by atoms with Crippen LogP contribution in [0.3, 0.4) is 0 Å². The summed E-state index contributed by atoms with van der Waals surface area (Å²) in [5.74, 6) is 1.74. The van der Waals surface area contributed by atoms with E-state index in [1.165, 1.54) is 0 Å². The molecule has 2 aliphatic heterocycles. The predicted molar refractivity (Wildman–Crippen MR) is 103 cm³/mol. The molecule has 1 aromatic heterocycles. The fraction of sp³-hybridized carbons (Fsp3) is 0.571. The molecule has 0 aliphatic carbocycles. The Morgan fingerprint density at radius 2 is 1.89 bits per heavy atom. The van der Waals surface area contributed by atoms with E-state index >= 15 is 0 Å². The highest BCUT2D eigenvalue weighted by Gasteiger charge is 2.53. The van der Waals surface area contributed by atoms with Gasteiger partial charge in [0.25, 0.3) is 0 Å². The third-order valence-electron chi connectivity index (χ3n) is 6.19. The Morgan fingerprint density at radius 3 is 2.56 bits per heavy atom. The van der Waals surface area contributed by atoms with E-state index in [1.807, 2.05) is 35.2 Å². The third kappa shape index (κ3) is 3.27. The molecule has 1 spiro atoms. The average Bonchev–Trinajstić information content (AvgIpc) is 3.27. The number of carbonyl (C=O) groups excluding carboxylic acids is 1. The summed E-state index contributed by atoms with van der Waals surface area (Å²) >= 11 is 0. The predicted octanol–water partition coefficient (Wildman–Crippen LogP) is 3.38. The molecule has 144 valence electrons. The van der Waals surface area contributed by atoms with Crippen LogP contribution in [0.2, 0.25) is 0 Å². The quantitative estimate of drug-likeness (QED) is 0.810. The second-order valence-electron chi connectivity index (χ2n) is 8.15. The molecule has 1 unspecified atom stereocenters. The summed E-state index contributed by atoms with van der Waals surface area (Å²) < 4.78 is 5.99. The van der Waals surface area contributed by atoms with Gasteiger partial charge < -0.3 is 9.32 Å². The minimum Gasteiger partial charge on any atom is -0.419 e. The maximum absolute atomic E-state index is 12.6. The lowest BCUT2D eigenvalue weighted by Crippen LogP contribution is -2.60. The molecule has 3 heterocycles. The number of amides is 1. The van der Waals surface area contributed by atoms with Crippen LogP contribution in [-0.2, 0) is 4.79 Å². The van der Waals surface area contributed by atoms with Crippen molar-refractivity contribution in [1.82, 2.24) is 20.0 Å². The zero-order chi connectivity index (χ0) is 19.0. The molecule has 0 radical (unpaired) electrons. The van der Waals surface area contributed by atoms with Gasteiger partial charge in [0, 0.05) is 36.5 Å². The second kappa shape index (κ2) is 7.08. The van der Waals surface area contributed by atoms with Crippen LogP contribution in [0, 0.1) is 11.3 Å². The number of aromatic nitrogens is 2. The highest BCUT2D eigenvalue weighted by molar-refractivity contribution is 5.79. The van der Waals surface area contributed by atoms with Gasteiger partial charge in [-0.25, -0.2) is 0 Å². The average molecular weight is 368 g/mol. The van der Waals surface area contributed by atoms with Crippen LogP contribution in [0.5, 0.6) is 0 Å². The SMILES string of the molecule is CCC(CC)C(=O)N1CC2(CC(c3nnc(-c4ccccc4)o3)N(C)C2)C1. The van der Waals surface area contributed by atoms with Crippen LogP contribution in [0.25, 0.3) is 11.5 Å². The molecule has 4 rings (SSSR count). The van der Waals surface area contributed by atoms with Crippen LogP contribution >= 0.6 is 0 Å². The van der Waals surface area contributed by atoms with Crippen molar-refractivity contribution in [2.45, 2.75) is 39.2 Å². The molecule has 27 heavy (non-hydrogen) atoms. The smallest absolute Gasteiger partial charge is 0.247 e. The lowest BCUT2D eigenvalue weighted by molar-refractivity contribution is -0.147. The molecule has 6 heteroatoms. The van der Waals surface area contributed by atoms with E-state index in [-0.39, 0.29) is 17.4 Å². The van der Waals surface area contributed by atoms with Gasteiger partial charge >= 0.3 is 0 Å². The Labute approximate surface area is 160 Å². The summed E-state index contributed by atoms with van der Waals surface area (Å²) in [5.41, 5.74) is 1.11. The van der Waals surface area contributed by atoms with Gasteiger partial charge in [-0.15, -0.1) is 10.2 Å². The largest absolute Gasteiger partial charge is 0.419 e. The van der Waals surface area contributed by atoms with Crippen LogP contribution in [-0.4, -0.2) is 52.6 Å². The van der Waals surface area contributed by atoms with E-state index in [4.69, 9.17) is 4.42 Å². The summed E-state index contributed by atoms with van der Waals surface area (Å²) in [6, 6.07) is 9.99. The first kappa shape index (κ1) is 18.2. The van der Waals surface area contributed by atoms with Crippen LogP contribution in [0.15, 0.2) is 34.7 Å². The maximum Gasteiger partial charge on any atom is 0.247 e. The van der Waals surface area contributed by atoms with Crippen molar-refractivity contribution >= 4 is 5.91 Å². The normalized spacial score (nSPS) is 21.8. The van der Waals surface area contributed by atoms with E-state index in [1.54, 1.807) is 0 Å². The molecule has 1 amide bonds. The fourth-order valence-electron chi connectivity index (χ4n) is 4.66. The summed E-state index contributed by atoms with van der Waals surface area (Å²) in [6.45, 7) is 6.86. The van der Waals surface area contributed by atoms with Crippen molar-refractivity contribution in [3.8, 4) is 11.5 Å². The van der Waals surface area contributed by atoms with E-state index in [2.05, 4.69) is 36.0 Å². The summed E-state index contributed by atoms with van der Waals surface area (Å²) in [6.07, 6.45) is 2.81. The molecule has 1 aromatic carbocycles. The monoisotopic (exact) mass is 368 g/mol. The minimum atomic E-state index is 0.125. The lowest BCUT2D eigenvalue weighted by Gasteiger charge is -2.49. The number of likely N-dealkylation sites (tertiary alicyclic amines) is 2. The molecule has 0 saturated carbocycles. The Hall–Kier alpha value is -2.21. The molecule has 1 atom stereocenters. The van der Waals surface area contributed by atoms with Gasteiger partial charge in [-0.1, -0.05) is 32.0 Å². The zero-order valence-electron chi connectivity index (χ0n) is 16.4. The van der Waals surface area contributed by atoms with Gasteiger partial charge in [0.05, 0.1) is 6.04 Å². The molecule has 0 bridgehead atoms. The number of nitrogens with zero attached hydrogens (tertiary/aromatic N) is 4. The maximum atomic E-state index is 12.6. The summed E-state index contributed by atoms with van der Waals surface area (Å²) in [7, 11) is 2.11. The fourth-order valence-corrected chi connectivity index (χ4v) is 4.66. The van der Waals surface area contributed by atoms with Crippen LogP contribution in [0.4, 0.5) is 0 Å².